The summed E-state index contributed by atoms with van der Waals surface area (Å²) in [5, 5.41) is 13.5. The first-order valence-corrected chi connectivity index (χ1v) is 8.10. The third-order valence-corrected chi connectivity index (χ3v) is 4.70. The van der Waals surface area contributed by atoms with Gasteiger partial charge in [0.25, 0.3) is 0 Å². The number of allylic oxidation sites excluding steroid dienone is 1. The Hall–Kier alpha value is -2.85. The van der Waals surface area contributed by atoms with Gasteiger partial charge in [0, 0.05) is 36.9 Å². The Morgan fingerprint density at radius 1 is 1.38 bits per heavy atom. The highest BCUT2D eigenvalue weighted by Gasteiger charge is 2.48. The lowest BCUT2D eigenvalue weighted by Gasteiger charge is -2.40. The third kappa shape index (κ3) is 2.82. The monoisotopic (exact) mass is 354 g/mol. The second-order valence-corrected chi connectivity index (χ2v) is 7.11. The first kappa shape index (κ1) is 18.0. The predicted molar refractivity (Wildman–Crippen MR) is 92.2 cm³/mol. The molecule has 134 valence electrons. The first-order valence-electron chi connectivity index (χ1n) is 8.10. The number of hydrogen-bond donors (Lipinski definition) is 0. The van der Waals surface area contributed by atoms with Gasteiger partial charge in [0.1, 0.15) is 17.5 Å². The molecule has 26 heavy (non-hydrogen) atoms. The van der Waals surface area contributed by atoms with Gasteiger partial charge in [0.2, 0.25) is 0 Å². The number of carbonyl (C=O) groups is 1. The Balaban J connectivity index is 2.29. The van der Waals surface area contributed by atoms with Gasteiger partial charge in [-0.1, -0.05) is 13.8 Å². The summed E-state index contributed by atoms with van der Waals surface area (Å²) in [4.78, 5) is 16.8. The van der Waals surface area contributed by atoms with Gasteiger partial charge in [-0.2, -0.15) is 10.4 Å². The van der Waals surface area contributed by atoms with Crippen molar-refractivity contribution >= 4 is 5.78 Å². The molecule has 6 nitrogen and oxygen atoms in total. The molecule has 1 unspecified atom stereocenters. The van der Waals surface area contributed by atoms with Crippen molar-refractivity contribution in [1.29, 1.82) is 5.26 Å². The molecule has 2 aromatic heterocycles. The van der Waals surface area contributed by atoms with E-state index in [1.54, 1.807) is 38.0 Å². The predicted octanol–water partition coefficient (Wildman–Crippen LogP) is 2.91. The molecule has 7 heteroatoms. The zero-order valence-corrected chi connectivity index (χ0v) is 15.1. The van der Waals surface area contributed by atoms with Crippen molar-refractivity contribution in [1.82, 2.24) is 14.8 Å². The lowest BCUT2D eigenvalue weighted by molar-refractivity contribution is -0.128. The van der Waals surface area contributed by atoms with Crippen LogP contribution in [0.3, 0.4) is 0 Å². The Kier molecular flexibility index (Phi) is 4.24. The van der Waals surface area contributed by atoms with E-state index in [0.717, 1.165) is 6.20 Å². The molecule has 1 atom stereocenters. The summed E-state index contributed by atoms with van der Waals surface area (Å²) >= 11 is 0. The minimum absolute atomic E-state index is 0.0198. The topological polar surface area (TPSA) is 80.8 Å². The van der Waals surface area contributed by atoms with Gasteiger partial charge >= 0.3 is 0 Å². The van der Waals surface area contributed by atoms with E-state index in [9.17, 15) is 14.4 Å². The fraction of sp³-hybridized carbons (Fsp3) is 0.368. The van der Waals surface area contributed by atoms with Crippen LogP contribution < -0.4 is 0 Å². The van der Waals surface area contributed by atoms with Crippen LogP contribution in [0.5, 0.6) is 0 Å². The lowest BCUT2D eigenvalue weighted by Crippen LogP contribution is -2.42. The van der Waals surface area contributed by atoms with Crippen molar-refractivity contribution in [3.05, 3.63) is 47.8 Å². The van der Waals surface area contributed by atoms with E-state index < -0.39 is 16.8 Å². The van der Waals surface area contributed by atoms with Crippen LogP contribution in [0.15, 0.2) is 36.3 Å². The summed E-state index contributed by atoms with van der Waals surface area (Å²) in [6.45, 7) is 3.53. The summed E-state index contributed by atoms with van der Waals surface area (Å²) in [7, 11) is 3.26. The maximum Gasteiger partial charge on any atom is 0.178 e. The number of hydrogen-bond acceptors (Lipinski definition) is 5. The van der Waals surface area contributed by atoms with Crippen molar-refractivity contribution in [3.8, 4) is 17.2 Å². The van der Waals surface area contributed by atoms with Gasteiger partial charge in [-0.05, 0) is 18.6 Å². The molecule has 0 N–H and O–H groups in total. The van der Waals surface area contributed by atoms with Gasteiger partial charge in [-0.25, -0.2) is 4.39 Å². The van der Waals surface area contributed by atoms with Crippen molar-refractivity contribution in [3.63, 3.8) is 0 Å². The summed E-state index contributed by atoms with van der Waals surface area (Å²) in [5.74, 6) is -0.729. The van der Waals surface area contributed by atoms with Crippen LogP contribution in [-0.2, 0) is 22.2 Å². The molecule has 2 heterocycles. The SMILES string of the molecule is COC1(c2ncc(F)cc2-c2cnn(C)c2)C=C(C#N)C(=O)C(C)(C)C1. The van der Waals surface area contributed by atoms with E-state index in [1.165, 1.54) is 19.3 Å². The molecule has 0 amide bonds. The zero-order valence-electron chi connectivity index (χ0n) is 15.1. The summed E-state index contributed by atoms with van der Waals surface area (Å²) in [5.41, 5.74) is -0.292. The zero-order chi connectivity index (χ0) is 19.1. The average Bonchev–Trinajstić information content (AvgIpc) is 3.03. The van der Waals surface area contributed by atoms with Crippen molar-refractivity contribution in [2.45, 2.75) is 25.9 Å². The molecule has 1 aliphatic rings. The maximum absolute atomic E-state index is 13.9. The van der Waals surface area contributed by atoms with Crippen LogP contribution in [0.2, 0.25) is 0 Å². The normalized spacial score (nSPS) is 22.0. The van der Waals surface area contributed by atoms with E-state index in [1.807, 2.05) is 6.07 Å². The molecular formula is C19H19FN4O2. The van der Waals surface area contributed by atoms with Crippen LogP contribution in [0.25, 0.3) is 11.1 Å². The van der Waals surface area contributed by atoms with Gasteiger partial charge in [-0.3, -0.25) is 14.5 Å². The number of pyridine rings is 1. The van der Waals surface area contributed by atoms with Crippen LogP contribution >= 0.6 is 0 Å². The molecule has 3 rings (SSSR count). The van der Waals surface area contributed by atoms with Crippen molar-refractivity contribution in [2.24, 2.45) is 12.5 Å². The number of ketones is 1. The Morgan fingerprint density at radius 3 is 2.69 bits per heavy atom. The van der Waals surface area contributed by atoms with Gasteiger partial charge in [0.05, 0.1) is 23.7 Å². The molecule has 0 aliphatic heterocycles. The first-order chi connectivity index (χ1) is 12.2. The molecule has 2 aromatic rings. The number of methoxy groups -OCH3 is 1. The molecule has 0 spiro atoms. The number of aryl methyl sites for hydroxylation is 1. The van der Waals surface area contributed by atoms with E-state index in [2.05, 4.69) is 10.1 Å². The Bertz CT molecular complexity index is 955. The Labute approximate surface area is 150 Å². The van der Waals surface area contributed by atoms with Crippen LogP contribution in [0.1, 0.15) is 26.0 Å². The second-order valence-electron chi connectivity index (χ2n) is 7.11. The highest BCUT2D eigenvalue weighted by atomic mass is 19.1. The fourth-order valence-electron chi connectivity index (χ4n) is 3.47. The molecule has 1 aliphatic carbocycles. The largest absolute Gasteiger partial charge is 0.368 e. The molecular weight excluding hydrogens is 335 g/mol. The van der Waals surface area contributed by atoms with Crippen LogP contribution in [-0.4, -0.2) is 27.7 Å². The minimum Gasteiger partial charge on any atom is -0.368 e. The van der Waals surface area contributed by atoms with Gasteiger partial charge in [-0.15, -0.1) is 0 Å². The molecule has 0 radical (unpaired) electrons. The lowest BCUT2D eigenvalue weighted by atomic mass is 9.68. The quantitative estimate of drug-likeness (QED) is 0.846. The molecule has 0 saturated heterocycles. The van der Waals surface area contributed by atoms with Crippen molar-refractivity contribution < 1.29 is 13.9 Å². The average molecular weight is 354 g/mol. The van der Waals surface area contributed by atoms with Crippen LogP contribution in [0, 0.1) is 22.6 Å². The summed E-state index contributed by atoms with van der Waals surface area (Å²) in [6.07, 6.45) is 6.25. The van der Waals surface area contributed by atoms with Crippen LogP contribution in [0.4, 0.5) is 4.39 Å². The number of aromatic nitrogens is 3. The Morgan fingerprint density at radius 2 is 2.12 bits per heavy atom. The second kappa shape index (κ2) is 6.15. The third-order valence-electron chi connectivity index (χ3n) is 4.70. The van der Waals surface area contributed by atoms with Gasteiger partial charge in [0.15, 0.2) is 5.78 Å². The summed E-state index contributed by atoms with van der Waals surface area (Å²) in [6, 6.07) is 3.32. The van der Waals surface area contributed by atoms with Crippen molar-refractivity contribution in [2.75, 3.05) is 7.11 Å². The van der Waals surface area contributed by atoms with E-state index in [-0.39, 0.29) is 17.8 Å². The highest BCUT2D eigenvalue weighted by Crippen LogP contribution is 2.47. The maximum atomic E-state index is 13.9. The molecule has 0 aromatic carbocycles. The van der Waals surface area contributed by atoms with E-state index in [0.29, 0.717) is 16.8 Å². The highest BCUT2D eigenvalue weighted by molar-refractivity contribution is 6.04. The number of nitrogens with zero attached hydrogens (tertiary/aromatic N) is 4. The smallest absolute Gasteiger partial charge is 0.178 e. The molecule has 0 fully saturated rings. The fourth-order valence-corrected chi connectivity index (χ4v) is 3.47. The number of Topliss-reactive ketones (excluding diaryl/α,β-unsaturated/α-hetero) is 1. The standard InChI is InChI=1S/C19H19FN4O2/c1-18(2)11-19(26-4,6-12(7-21)17(18)25)16-15(5-14(20)9-22-16)13-8-23-24(3)10-13/h5-6,8-10H,11H2,1-4H3. The minimum atomic E-state index is -1.12. The number of carbonyl (C=O) groups excluding carboxylic acids is 1. The molecule has 0 bridgehead atoms. The number of nitriles is 1. The van der Waals surface area contributed by atoms with E-state index in [4.69, 9.17) is 4.74 Å². The van der Waals surface area contributed by atoms with Gasteiger partial charge < -0.3 is 4.74 Å². The van der Waals surface area contributed by atoms with E-state index >= 15 is 0 Å². The summed E-state index contributed by atoms with van der Waals surface area (Å²) < 4.78 is 21.3. The number of halogens is 1. The number of ether oxygens (including phenoxy) is 1. The molecule has 0 saturated carbocycles. The number of rotatable bonds is 3.